The molecule has 0 radical (unpaired) electrons. The van der Waals surface area contributed by atoms with Gasteiger partial charge in [-0.2, -0.15) is 0 Å². The van der Waals surface area contributed by atoms with Crippen LogP contribution in [-0.4, -0.2) is 97.1 Å². The predicted octanol–water partition coefficient (Wildman–Crippen LogP) is 5.30. The van der Waals surface area contributed by atoms with E-state index in [1.165, 1.54) is 32.4 Å². The lowest BCUT2D eigenvalue weighted by molar-refractivity contribution is -0.139. The molecule has 8 heteroatoms. The first-order valence-corrected chi connectivity index (χ1v) is 17.8. The van der Waals surface area contributed by atoms with Crippen molar-refractivity contribution >= 4 is 11.8 Å². The maximum atomic E-state index is 14.2. The second kappa shape index (κ2) is 17.3. The zero-order valence-corrected chi connectivity index (χ0v) is 28.4. The fraction of sp³-hybridized carbons (Fsp3) is 0.632. The van der Waals surface area contributed by atoms with Gasteiger partial charge >= 0.3 is 0 Å². The van der Waals surface area contributed by atoms with Gasteiger partial charge in [0, 0.05) is 44.8 Å². The average Bonchev–Trinajstić information content (AvgIpc) is 3.10. The second-order valence-electron chi connectivity index (χ2n) is 14.0. The van der Waals surface area contributed by atoms with Gasteiger partial charge in [0.2, 0.25) is 11.8 Å². The molecule has 2 atom stereocenters. The molecule has 0 saturated carbocycles. The SMILES string of the molecule is CC(C)C[C@H](C(=O)N[C@@H](Cc1ccc(OCc2ccccc2)cc1)C(=O)N1CCC(N2CCCCC2)CC1)N(C)C1CCOCC1. The summed E-state index contributed by atoms with van der Waals surface area (Å²) in [4.78, 5) is 35.2. The summed E-state index contributed by atoms with van der Waals surface area (Å²) in [7, 11) is 2.07. The van der Waals surface area contributed by atoms with Crippen molar-refractivity contribution in [2.24, 2.45) is 5.92 Å². The van der Waals surface area contributed by atoms with Crippen LogP contribution in [0.3, 0.4) is 0 Å². The Kier molecular flexibility index (Phi) is 12.9. The number of hydrogen-bond donors (Lipinski definition) is 1. The van der Waals surface area contributed by atoms with E-state index in [-0.39, 0.29) is 17.9 Å². The monoisotopic (exact) mass is 632 g/mol. The van der Waals surface area contributed by atoms with Crippen LogP contribution in [0.5, 0.6) is 5.75 Å². The van der Waals surface area contributed by atoms with Crippen molar-refractivity contribution in [3.05, 3.63) is 65.7 Å². The van der Waals surface area contributed by atoms with Gasteiger partial charge in [-0.15, -0.1) is 0 Å². The number of carbonyl (C=O) groups is 2. The lowest BCUT2D eigenvalue weighted by Gasteiger charge is -2.41. The summed E-state index contributed by atoms with van der Waals surface area (Å²) < 4.78 is 11.6. The van der Waals surface area contributed by atoms with E-state index in [1.807, 2.05) is 47.4 Å². The number of likely N-dealkylation sites (N-methyl/N-ethyl adjacent to an activating group) is 1. The van der Waals surface area contributed by atoms with Crippen LogP contribution < -0.4 is 10.1 Å². The molecule has 0 bridgehead atoms. The van der Waals surface area contributed by atoms with Gasteiger partial charge < -0.3 is 24.6 Å². The Morgan fingerprint density at radius 3 is 2.22 bits per heavy atom. The van der Waals surface area contributed by atoms with Crippen molar-refractivity contribution in [3.63, 3.8) is 0 Å². The number of amides is 2. The van der Waals surface area contributed by atoms with Gasteiger partial charge in [-0.3, -0.25) is 14.5 Å². The zero-order valence-electron chi connectivity index (χ0n) is 28.4. The minimum Gasteiger partial charge on any atom is -0.489 e. The molecule has 2 aromatic carbocycles. The first-order chi connectivity index (χ1) is 22.4. The van der Waals surface area contributed by atoms with Gasteiger partial charge in [-0.1, -0.05) is 62.7 Å². The van der Waals surface area contributed by atoms with Crippen molar-refractivity contribution in [3.8, 4) is 5.75 Å². The fourth-order valence-electron chi connectivity index (χ4n) is 7.37. The van der Waals surface area contributed by atoms with Crippen LogP contribution in [0.1, 0.15) is 76.3 Å². The molecule has 3 aliphatic rings. The average molecular weight is 633 g/mol. The summed E-state index contributed by atoms with van der Waals surface area (Å²) in [5.41, 5.74) is 2.12. The zero-order chi connectivity index (χ0) is 32.3. The van der Waals surface area contributed by atoms with Gasteiger partial charge in [0.05, 0.1) is 6.04 Å². The minimum absolute atomic E-state index is 0.0341. The first kappa shape index (κ1) is 34.4. The number of ether oxygens (including phenoxy) is 2. The molecule has 0 spiro atoms. The van der Waals surface area contributed by atoms with E-state index in [4.69, 9.17) is 9.47 Å². The number of benzene rings is 2. The molecule has 3 saturated heterocycles. The van der Waals surface area contributed by atoms with E-state index in [0.717, 1.165) is 75.3 Å². The molecule has 0 aromatic heterocycles. The highest BCUT2D eigenvalue weighted by molar-refractivity contribution is 5.90. The molecule has 0 aliphatic carbocycles. The maximum absolute atomic E-state index is 14.2. The highest BCUT2D eigenvalue weighted by Crippen LogP contribution is 2.24. The number of carbonyl (C=O) groups excluding carboxylic acids is 2. The van der Waals surface area contributed by atoms with Crippen LogP contribution in [0.2, 0.25) is 0 Å². The number of likely N-dealkylation sites (tertiary alicyclic amines) is 2. The molecule has 5 rings (SSSR count). The minimum atomic E-state index is -0.618. The molecule has 3 heterocycles. The fourth-order valence-corrected chi connectivity index (χ4v) is 7.37. The Bertz CT molecular complexity index is 1200. The summed E-state index contributed by atoms with van der Waals surface area (Å²) in [6.45, 7) is 10.1. The van der Waals surface area contributed by atoms with Gasteiger partial charge in [0.25, 0.3) is 0 Å². The molecule has 0 unspecified atom stereocenters. The Morgan fingerprint density at radius 2 is 1.57 bits per heavy atom. The van der Waals surface area contributed by atoms with Crippen molar-refractivity contribution < 1.29 is 19.1 Å². The number of nitrogens with one attached hydrogen (secondary N) is 1. The Hall–Kier alpha value is -2.94. The van der Waals surface area contributed by atoms with Crippen LogP contribution in [0.25, 0.3) is 0 Å². The largest absolute Gasteiger partial charge is 0.489 e. The molecule has 1 N–H and O–H groups in total. The van der Waals surface area contributed by atoms with E-state index >= 15 is 0 Å². The van der Waals surface area contributed by atoms with Crippen molar-refractivity contribution in [2.45, 2.75) is 102 Å². The summed E-state index contributed by atoms with van der Waals surface area (Å²) in [5.74, 6) is 1.12. The number of rotatable bonds is 13. The predicted molar refractivity (Wildman–Crippen MR) is 183 cm³/mol. The quantitative estimate of drug-likeness (QED) is 0.324. The van der Waals surface area contributed by atoms with E-state index < -0.39 is 6.04 Å². The summed E-state index contributed by atoms with van der Waals surface area (Å²) in [6.07, 6.45) is 8.94. The van der Waals surface area contributed by atoms with Gasteiger partial charge in [-0.25, -0.2) is 0 Å². The van der Waals surface area contributed by atoms with E-state index in [0.29, 0.717) is 31.0 Å². The lowest BCUT2D eigenvalue weighted by atomic mass is 9.96. The summed E-state index contributed by atoms with van der Waals surface area (Å²) in [6, 6.07) is 18.0. The van der Waals surface area contributed by atoms with Crippen LogP contribution in [-0.2, 0) is 27.4 Å². The van der Waals surface area contributed by atoms with Crippen LogP contribution >= 0.6 is 0 Å². The number of hydrogen-bond acceptors (Lipinski definition) is 6. The number of nitrogens with zero attached hydrogens (tertiary/aromatic N) is 3. The van der Waals surface area contributed by atoms with Crippen molar-refractivity contribution in [1.29, 1.82) is 0 Å². The Morgan fingerprint density at radius 1 is 0.891 bits per heavy atom. The van der Waals surface area contributed by atoms with E-state index in [9.17, 15) is 9.59 Å². The van der Waals surface area contributed by atoms with Crippen LogP contribution in [0.4, 0.5) is 0 Å². The summed E-state index contributed by atoms with van der Waals surface area (Å²) >= 11 is 0. The molecule has 252 valence electrons. The van der Waals surface area contributed by atoms with Gasteiger partial charge in [0.15, 0.2) is 0 Å². The third kappa shape index (κ3) is 9.79. The van der Waals surface area contributed by atoms with Crippen molar-refractivity contribution in [1.82, 2.24) is 20.0 Å². The highest BCUT2D eigenvalue weighted by atomic mass is 16.5. The molecule has 2 aromatic rings. The smallest absolute Gasteiger partial charge is 0.245 e. The second-order valence-corrected chi connectivity index (χ2v) is 14.0. The molecule has 3 aliphatic heterocycles. The molecule has 2 amide bonds. The molecule has 8 nitrogen and oxygen atoms in total. The lowest BCUT2D eigenvalue weighted by Crippen LogP contribution is -2.58. The normalized spacial score (nSPS) is 20.1. The van der Waals surface area contributed by atoms with Crippen molar-refractivity contribution in [2.75, 3.05) is 46.4 Å². The molecular formula is C38H56N4O4. The van der Waals surface area contributed by atoms with Gasteiger partial charge in [0.1, 0.15) is 18.4 Å². The molecule has 3 fully saturated rings. The molecular weight excluding hydrogens is 576 g/mol. The first-order valence-electron chi connectivity index (χ1n) is 17.8. The van der Waals surface area contributed by atoms with Crippen LogP contribution in [0.15, 0.2) is 54.6 Å². The third-order valence-corrected chi connectivity index (χ3v) is 10.2. The highest BCUT2D eigenvalue weighted by Gasteiger charge is 2.35. The van der Waals surface area contributed by atoms with Gasteiger partial charge in [-0.05, 0) is 94.3 Å². The Labute approximate surface area is 276 Å². The number of piperidine rings is 2. The summed E-state index contributed by atoms with van der Waals surface area (Å²) in [5, 5.41) is 3.28. The maximum Gasteiger partial charge on any atom is 0.245 e. The van der Waals surface area contributed by atoms with Crippen LogP contribution in [0, 0.1) is 5.92 Å². The topological polar surface area (TPSA) is 74.4 Å². The van der Waals surface area contributed by atoms with E-state index in [1.54, 1.807) is 0 Å². The van der Waals surface area contributed by atoms with E-state index in [2.05, 4.69) is 48.1 Å². The Balaban J connectivity index is 1.27. The third-order valence-electron chi connectivity index (χ3n) is 10.2. The standard InChI is InChI=1S/C38H56N4O4/c1-29(2)26-36(40(3)32-18-24-45-25-19-32)37(43)39-35(38(44)42-22-16-33(17-23-42)41-20-8-5-9-21-41)27-30-12-14-34(15-13-30)46-28-31-10-6-4-7-11-31/h4,6-7,10-15,29,32-33,35-36H,5,8-9,16-28H2,1-3H3,(H,39,43)/t35-,36+/m0/s1. The molecule has 46 heavy (non-hydrogen) atoms.